The van der Waals surface area contributed by atoms with Crippen molar-refractivity contribution >= 4 is 0 Å². The van der Waals surface area contributed by atoms with Crippen LogP contribution in [0, 0.1) is 11.3 Å². The van der Waals surface area contributed by atoms with E-state index in [1.54, 1.807) is 18.2 Å². The van der Waals surface area contributed by atoms with E-state index in [2.05, 4.69) is 0 Å². The summed E-state index contributed by atoms with van der Waals surface area (Å²) >= 11 is 0. The van der Waals surface area contributed by atoms with Gasteiger partial charge in [-0.2, -0.15) is 5.26 Å². The van der Waals surface area contributed by atoms with Crippen LogP contribution in [0.25, 0.3) is 0 Å². The zero-order valence-electron chi connectivity index (χ0n) is 4.84. The highest BCUT2D eigenvalue weighted by Gasteiger charge is 2.22. The fourth-order valence-electron chi connectivity index (χ4n) is 0.688. The lowest BCUT2D eigenvalue weighted by molar-refractivity contribution is 0.375. The first-order valence-electron chi connectivity index (χ1n) is 2.72. The summed E-state index contributed by atoms with van der Waals surface area (Å²) in [5.41, 5.74) is -1.84. The van der Waals surface area contributed by atoms with Gasteiger partial charge in [-0.05, 0) is 18.6 Å². The van der Waals surface area contributed by atoms with E-state index in [4.69, 9.17) is 5.26 Å². The summed E-state index contributed by atoms with van der Waals surface area (Å²) in [5.74, 6) is 0. The molecule has 0 saturated heterocycles. The molecule has 2 heteroatoms. The summed E-state index contributed by atoms with van der Waals surface area (Å²) in [6, 6.07) is 1.54. The van der Waals surface area contributed by atoms with Gasteiger partial charge in [-0.25, -0.2) is 4.39 Å². The zero-order chi connectivity index (χ0) is 6.74. The summed E-state index contributed by atoms with van der Waals surface area (Å²) in [7, 11) is 0. The largest absolute Gasteiger partial charge is 0.232 e. The van der Waals surface area contributed by atoms with Crippen molar-refractivity contribution in [3.05, 3.63) is 24.3 Å². The SMILES string of the molecule is N#CC1(F)C=CCC=C1. The van der Waals surface area contributed by atoms with Crippen LogP contribution in [-0.2, 0) is 0 Å². The van der Waals surface area contributed by atoms with Crippen LogP contribution in [-0.4, -0.2) is 5.67 Å². The molecule has 0 aromatic rings. The maximum absolute atomic E-state index is 12.8. The van der Waals surface area contributed by atoms with Gasteiger partial charge in [-0.15, -0.1) is 0 Å². The number of nitrogens with zero attached hydrogens (tertiary/aromatic N) is 1. The summed E-state index contributed by atoms with van der Waals surface area (Å²) in [6.45, 7) is 0. The molecule has 0 aromatic carbocycles. The first-order chi connectivity index (χ1) is 4.27. The summed E-state index contributed by atoms with van der Waals surface area (Å²) in [5, 5.41) is 8.22. The predicted molar refractivity (Wildman–Crippen MR) is 32.3 cm³/mol. The zero-order valence-corrected chi connectivity index (χ0v) is 4.84. The highest BCUT2D eigenvalue weighted by atomic mass is 19.1. The second-order valence-corrected chi connectivity index (χ2v) is 1.92. The van der Waals surface area contributed by atoms with Crippen LogP contribution in [0.15, 0.2) is 24.3 Å². The molecule has 0 fully saturated rings. The third-order valence-electron chi connectivity index (χ3n) is 1.16. The summed E-state index contributed by atoms with van der Waals surface area (Å²) in [4.78, 5) is 0. The van der Waals surface area contributed by atoms with Gasteiger partial charge in [-0.1, -0.05) is 12.2 Å². The molecule has 46 valence electrons. The average molecular weight is 123 g/mol. The van der Waals surface area contributed by atoms with Crippen LogP contribution >= 0.6 is 0 Å². The first-order valence-corrected chi connectivity index (χ1v) is 2.72. The molecule has 0 aliphatic heterocycles. The molecule has 1 aliphatic carbocycles. The molecule has 0 heterocycles. The predicted octanol–water partition coefficient (Wildman–Crippen LogP) is 1.73. The molecule has 0 saturated carbocycles. The van der Waals surface area contributed by atoms with Crippen molar-refractivity contribution in [2.45, 2.75) is 12.1 Å². The molecular formula is C7H6FN. The third-order valence-corrected chi connectivity index (χ3v) is 1.16. The second-order valence-electron chi connectivity index (χ2n) is 1.92. The second kappa shape index (κ2) is 2.02. The van der Waals surface area contributed by atoms with E-state index in [0.717, 1.165) is 6.42 Å². The minimum absolute atomic E-state index is 0.730. The van der Waals surface area contributed by atoms with Crippen molar-refractivity contribution in [2.75, 3.05) is 0 Å². The summed E-state index contributed by atoms with van der Waals surface area (Å²) in [6.07, 6.45) is 6.56. The lowest BCUT2D eigenvalue weighted by Gasteiger charge is -2.08. The number of nitriles is 1. The lowest BCUT2D eigenvalue weighted by Crippen LogP contribution is -2.13. The number of allylic oxidation sites excluding steroid dienone is 4. The smallest absolute Gasteiger partial charge is 0.218 e. The monoisotopic (exact) mass is 123 g/mol. The van der Waals surface area contributed by atoms with E-state index in [1.165, 1.54) is 12.2 Å². The van der Waals surface area contributed by atoms with Gasteiger partial charge in [0.05, 0.1) is 0 Å². The van der Waals surface area contributed by atoms with E-state index in [-0.39, 0.29) is 0 Å². The molecule has 0 aromatic heterocycles. The van der Waals surface area contributed by atoms with Crippen molar-refractivity contribution in [3.63, 3.8) is 0 Å². The molecule has 0 atom stereocenters. The van der Waals surface area contributed by atoms with Gasteiger partial charge in [0.2, 0.25) is 5.67 Å². The Kier molecular flexibility index (Phi) is 1.35. The van der Waals surface area contributed by atoms with Crippen LogP contribution in [0.2, 0.25) is 0 Å². The van der Waals surface area contributed by atoms with Crippen LogP contribution in [0.5, 0.6) is 0 Å². The Balaban J connectivity index is 2.82. The van der Waals surface area contributed by atoms with Crippen LogP contribution in [0.4, 0.5) is 4.39 Å². The van der Waals surface area contributed by atoms with Crippen molar-refractivity contribution < 1.29 is 4.39 Å². The molecule has 1 aliphatic rings. The number of halogens is 1. The van der Waals surface area contributed by atoms with Gasteiger partial charge in [0, 0.05) is 0 Å². The highest BCUT2D eigenvalue weighted by molar-refractivity contribution is 5.29. The lowest BCUT2D eigenvalue weighted by atomic mass is 10.0. The molecule has 0 N–H and O–H groups in total. The molecular weight excluding hydrogens is 117 g/mol. The van der Waals surface area contributed by atoms with Crippen molar-refractivity contribution in [2.24, 2.45) is 0 Å². The average Bonchev–Trinajstić information content (AvgIpc) is 1.90. The van der Waals surface area contributed by atoms with Crippen LogP contribution < -0.4 is 0 Å². The highest BCUT2D eigenvalue weighted by Crippen LogP contribution is 2.18. The van der Waals surface area contributed by atoms with Crippen molar-refractivity contribution in [3.8, 4) is 6.07 Å². The van der Waals surface area contributed by atoms with E-state index in [0.29, 0.717) is 0 Å². The van der Waals surface area contributed by atoms with Crippen LogP contribution in [0.1, 0.15) is 6.42 Å². The maximum atomic E-state index is 12.8. The Hall–Kier alpha value is -1.10. The van der Waals surface area contributed by atoms with Crippen molar-refractivity contribution in [1.82, 2.24) is 0 Å². The van der Waals surface area contributed by atoms with Gasteiger partial charge in [0.25, 0.3) is 0 Å². The molecule has 0 bridgehead atoms. The Bertz CT molecular complexity index is 185. The molecule has 0 spiro atoms. The summed E-state index contributed by atoms with van der Waals surface area (Å²) < 4.78 is 12.8. The van der Waals surface area contributed by atoms with E-state index in [9.17, 15) is 4.39 Å². The van der Waals surface area contributed by atoms with E-state index < -0.39 is 5.67 Å². The fourth-order valence-corrected chi connectivity index (χ4v) is 0.688. The molecule has 0 amide bonds. The topological polar surface area (TPSA) is 23.8 Å². The number of rotatable bonds is 0. The quantitative estimate of drug-likeness (QED) is 0.450. The van der Waals surface area contributed by atoms with Gasteiger partial charge >= 0.3 is 0 Å². The van der Waals surface area contributed by atoms with Crippen LogP contribution in [0.3, 0.4) is 0 Å². The molecule has 9 heavy (non-hydrogen) atoms. The minimum atomic E-state index is -1.84. The molecule has 0 radical (unpaired) electrons. The Morgan fingerprint density at radius 1 is 1.44 bits per heavy atom. The fraction of sp³-hybridized carbons (Fsp3) is 0.286. The minimum Gasteiger partial charge on any atom is -0.218 e. The Labute approximate surface area is 53.1 Å². The van der Waals surface area contributed by atoms with E-state index in [1.807, 2.05) is 0 Å². The first kappa shape index (κ1) is 6.03. The Morgan fingerprint density at radius 2 is 2.00 bits per heavy atom. The van der Waals surface area contributed by atoms with Crippen molar-refractivity contribution in [1.29, 1.82) is 5.26 Å². The maximum Gasteiger partial charge on any atom is 0.232 e. The Morgan fingerprint density at radius 3 is 2.33 bits per heavy atom. The molecule has 0 unspecified atom stereocenters. The molecule has 1 rings (SSSR count). The standard InChI is InChI=1S/C7H6FN/c8-7(6-9)4-2-1-3-5-7/h2-5H,1H2. The van der Waals surface area contributed by atoms with Gasteiger partial charge < -0.3 is 0 Å². The van der Waals surface area contributed by atoms with Gasteiger partial charge in [0.1, 0.15) is 6.07 Å². The third kappa shape index (κ3) is 1.17. The number of hydrogen-bond acceptors (Lipinski definition) is 1. The van der Waals surface area contributed by atoms with Gasteiger partial charge in [0.15, 0.2) is 0 Å². The number of hydrogen-bond donors (Lipinski definition) is 0. The normalized spacial score (nSPS) is 21.3. The molecule has 1 nitrogen and oxygen atoms in total. The van der Waals surface area contributed by atoms with E-state index >= 15 is 0 Å². The van der Waals surface area contributed by atoms with Gasteiger partial charge in [-0.3, -0.25) is 0 Å². The number of alkyl halides is 1.